The van der Waals surface area contributed by atoms with Gasteiger partial charge >= 0.3 is 0 Å². The monoisotopic (exact) mass is 278 g/mol. The van der Waals surface area contributed by atoms with Gasteiger partial charge in [0, 0.05) is 11.4 Å². The van der Waals surface area contributed by atoms with Crippen molar-refractivity contribution in [3.05, 3.63) is 71.5 Å². The number of nitrogens with zero attached hydrogens (tertiary/aromatic N) is 1. The van der Waals surface area contributed by atoms with E-state index in [-0.39, 0.29) is 5.91 Å². The highest BCUT2D eigenvalue weighted by molar-refractivity contribution is 5.92. The molecule has 0 aliphatic heterocycles. The van der Waals surface area contributed by atoms with E-state index in [9.17, 15) is 4.79 Å². The molecule has 0 saturated heterocycles. The Morgan fingerprint density at radius 3 is 2.38 bits per heavy atom. The SMILES string of the molecule is Cc1ccc(C)n1NC(=O)Cc1cccc2ccccc12. The normalized spacial score (nSPS) is 10.8. The maximum atomic E-state index is 12.3. The number of aryl methyl sites for hydroxylation is 2. The van der Waals surface area contributed by atoms with Crippen LogP contribution < -0.4 is 5.43 Å². The van der Waals surface area contributed by atoms with E-state index in [1.807, 2.05) is 54.9 Å². The van der Waals surface area contributed by atoms with Crippen molar-refractivity contribution in [3.63, 3.8) is 0 Å². The van der Waals surface area contributed by atoms with E-state index < -0.39 is 0 Å². The van der Waals surface area contributed by atoms with Crippen molar-refractivity contribution in [2.75, 3.05) is 5.43 Å². The first-order valence-electron chi connectivity index (χ1n) is 7.06. The summed E-state index contributed by atoms with van der Waals surface area (Å²) in [5.41, 5.74) is 6.05. The maximum absolute atomic E-state index is 12.3. The lowest BCUT2D eigenvalue weighted by Crippen LogP contribution is -2.26. The first-order valence-corrected chi connectivity index (χ1v) is 7.06. The number of fused-ring (bicyclic) bond motifs is 1. The molecule has 3 rings (SSSR count). The van der Waals surface area contributed by atoms with Crippen molar-refractivity contribution in [1.29, 1.82) is 0 Å². The second kappa shape index (κ2) is 5.44. The van der Waals surface area contributed by atoms with Crippen molar-refractivity contribution in [2.45, 2.75) is 20.3 Å². The van der Waals surface area contributed by atoms with Gasteiger partial charge in [0.2, 0.25) is 5.91 Å². The molecule has 0 atom stereocenters. The molecule has 1 amide bonds. The van der Waals surface area contributed by atoms with Crippen LogP contribution in [-0.2, 0) is 11.2 Å². The standard InChI is InChI=1S/C18H18N2O/c1-13-10-11-14(2)20(13)19-18(21)12-16-8-5-7-15-6-3-4-9-17(15)16/h3-11H,12H2,1-2H3,(H,19,21). The highest BCUT2D eigenvalue weighted by Crippen LogP contribution is 2.19. The molecular weight excluding hydrogens is 260 g/mol. The average molecular weight is 278 g/mol. The molecule has 0 radical (unpaired) electrons. The minimum Gasteiger partial charge on any atom is -0.273 e. The fourth-order valence-electron chi connectivity index (χ4n) is 2.63. The largest absolute Gasteiger partial charge is 0.273 e. The van der Waals surface area contributed by atoms with Crippen LogP contribution in [-0.4, -0.2) is 10.6 Å². The van der Waals surface area contributed by atoms with E-state index in [1.165, 1.54) is 0 Å². The Labute approximate surface area is 124 Å². The topological polar surface area (TPSA) is 34.0 Å². The van der Waals surface area contributed by atoms with Gasteiger partial charge < -0.3 is 0 Å². The van der Waals surface area contributed by atoms with E-state index in [1.54, 1.807) is 0 Å². The fraction of sp³-hybridized carbons (Fsp3) is 0.167. The second-order valence-electron chi connectivity index (χ2n) is 5.30. The van der Waals surface area contributed by atoms with Crippen LogP contribution in [0.1, 0.15) is 17.0 Å². The van der Waals surface area contributed by atoms with Gasteiger partial charge in [0.15, 0.2) is 0 Å². The highest BCUT2D eigenvalue weighted by Gasteiger charge is 2.09. The van der Waals surface area contributed by atoms with Crippen LogP contribution in [0.4, 0.5) is 0 Å². The second-order valence-corrected chi connectivity index (χ2v) is 5.30. The zero-order valence-electron chi connectivity index (χ0n) is 12.3. The third kappa shape index (κ3) is 2.68. The molecule has 106 valence electrons. The van der Waals surface area contributed by atoms with Crippen molar-refractivity contribution in [1.82, 2.24) is 4.68 Å². The van der Waals surface area contributed by atoms with Gasteiger partial charge in [0.25, 0.3) is 0 Å². The van der Waals surface area contributed by atoms with Gasteiger partial charge in [-0.15, -0.1) is 0 Å². The van der Waals surface area contributed by atoms with Crippen LogP contribution in [0.2, 0.25) is 0 Å². The molecule has 2 aromatic carbocycles. The lowest BCUT2D eigenvalue weighted by molar-refractivity contribution is -0.116. The smallest absolute Gasteiger partial charge is 0.243 e. The molecule has 1 heterocycles. The van der Waals surface area contributed by atoms with E-state index in [0.29, 0.717) is 6.42 Å². The predicted molar refractivity (Wildman–Crippen MR) is 85.9 cm³/mol. The summed E-state index contributed by atoms with van der Waals surface area (Å²) in [5.74, 6) is -0.00578. The molecule has 1 aromatic heterocycles. The number of aromatic nitrogens is 1. The summed E-state index contributed by atoms with van der Waals surface area (Å²) in [4.78, 5) is 12.3. The van der Waals surface area contributed by atoms with Crippen LogP contribution >= 0.6 is 0 Å². The van der Waals surface area contributed by atoms with Gasteiger partial charge in [-0.2, -0.15) is 0 Å². The molecule has 0 aliphatic rings. The van der Waals surface area contributed by atoms with Crippen LogP contribution in [0.3, 0.4) is 0 Å². The molecule has 3 aromatic rings. The molecule has 0 saturated carbocycles. The summed E-state index contributed by atoms with van der Waals surface area (Å²) in [6, 6.07) is 18.2. The quantitative estimate of drug-likeness (QED) is 0.780. The van der Waals surface area contributed by atoms with Crippen LogP contribution in [0, 0.1) is 13.8 Å². The third-order valence-corrected chi connectivity index (χ3v) is 3.74. The number of benzene rings is 2. The Morgan fingerprint density at radius 1 is 0.952 bits per heavy atom. The first-order chi connectivity index (χ1) is 10.1. The molecule has 0 fully saturated rings. The van der Waals surface area contributed by atoms with E-state index in [2.05, 4.69) is 23.6 Å². The number of carbonyl (C=O) groups excluding carboxylic acids is 1. The Balaban J connectivity index is 1.84. The van der Waals surface area contributed by atoms with Crippen molar-refractivity contribution in [3.8, 4) is 0 Å². The van der Waals surface area contributed by atoms with Crippen molar-refractivity contribution < 1.29 is 4.79 Å². The number of hydrogen-bond donors (Lipinski definition) is 1. The number of hydrogen-bond acceptors (Lipinski definition) is 1. The summed E-state index contributed by atoms with van der Waals surface area (Å²) in [7, 11) is 0. The number of amides is 1. The van der Waals surface area contributed by atoms with E-state index in [4.69, 9.17) is 0 Å². The summed E-state index contributed by atoms with van der Waals surface area (Å²) >= 11 is 0. The molecule has 0 bridgehead atoms. The Morgan fingerprint density at radius 2 is 1.62 bits per heavy atom. The maximum Gasteiger partial charge on any atom is 0.243 e. The van der Waals surface area contributed by atoms with Gasteiger partial charge in [-0.3, -0.25) is 14.9 Å². The minimum atomic E-state index is -0.00578. The Kier molecular flexibility index (Phi) is 3.48. The van der Waals surface area contributed by atoms with Crippen LogP contribution in [0.15, 0.2) is 54.6 Å². The fourth-order valence-corrected chi connectivity index (χ4v) is 2.63. The Hall–Kier alpha value is -2.55. The number of nitrogens with one attached hydrogen (secondary N) is 1. The third-order valence-electron chi connectivity index (χ3n) is 3.74. The zero-order valence-corrected chi connectivity index (χ0v) is 12.3. The molecule has 0 aliphatic carbocycles. The van der Waals surface area contributed by atoms with Gasteiger partial charge in [-0.1, -0.05) is 42.5 Å². The molecular formula is C18H18N2O. The molecule has 3 heteroatoms. The molecule has 3 nitrogen and oxygen atoms in total. The van der Waals surface area contributed by atoms with Crippen molar-refractivity contribution in [2.24, 2.45) is 0 Å². The summed E-state index contributed by atoms with van der Waals surface area (Å²) < 4.78 is 1.83. The van der Waals surface area contributed by atoms with Gasteiger partial charge in [-0.25, -0.2) is 0 Å². The molecule has 1 N–H and O–H groups in total. The zero-order chi connectivity index (χ0) is 14.8. The molecule has 0 unspecified atom stereocenters. The van der Waals surface area contributed by atoms with E-state index in [0.717, 1.165) is 27.7 Å². The van der Waals surface area contributed by atoms with E-state index >= 15 is 0 Å². The Bertz CT molecular complexity index is 777. The molecule has 21 heavy (non-hydrogen) atoms. The van der Waals surface area contributed by atoms with Gasteiger partial charge in [0.05, 0.1) is 6.42 Å². The van der Waals surface area contributed by atoms with Crippen LogP contribution in [0.25, 0.3) is 10.8 Å². The summed E-state index contributed by atoms with van der Waals surface area (Å²) in [6.07, 6.45) is 0.373. The summed E-state index contributed by atoms with van der Waals surface area (Å²) in [5, 5.41) is 2.30. The van der Waals surface area contributed by atoms with Crippen molar-refractivity contribution >= 4 is 16.7 Å². The summed E-state index contributed by atoms with van der Waals surface area (Å²) in [6.45, 7) is 3.95. The minimum absolute atomic E-state index is 0.00578. The lowest BCUT2D eigenvalue weighted by Gasteiger charge is -2.12. The average Bonchev–Trinajstić information content (AvgIpc) is 2.79. The van der Waals surface area contributed by atoms with Gasteiger partial charge in [-0.05, 0) is 42.3 Å². The first kappa shape index (κ1) is 13.4. The molecule has 0 spiro atoms. The van der Waals surface area contributed by atoms with Gasteiger partial charge in [0.1, 0.15) is 0 Å². The van der Waals surface area contributed by atoms with Crippen LogP contribution in [0.5, 0.6) is 0 Å². The predicted octanol–water partition coefficient (Wildman–Crippen LogP) is 3.57. The number of rotatable bonds is 3. The number of carbonyl (C=O) groups is 1. The highest BCUT2D eigenvalue weighted by atomic mass is 16.2. The lowest BCUT2D eigenvalue weighted by atomic mass is 10.0.